The molecule has 2 aromatic rings. The van der Waals surface area contributed by atoms with Crippen LogP contribution >= 0.6 is 0 Å². The van der Waals surface area contributed by atoms with Crippen molar-refractivity contribution < 1.29 is 12.9 Å². The van der Waals surface area contributed by atoms with E-state index in [1.54, 1.807) is 4.31 Å². The highest BCUT2D eigenvalue weighted by molar-refractivity contribution is 7.88. The molecule has 134 valence electrons. The first-order valence-corrected chi connectivity index (χ1v) is 10.7. The number of sulfonamides is 1. The summed E-state index contributed by atoms with van der Waals surface area (Å²) in [4.78, 5) is 4.60. The largest absolute Gasteiger partial charge is 0.337 e. The molecule has 6 nitrogen and oxygen atoms in total. The molecule has 2 bridgehead atoms. The Kier molecular flexibility index (Phi) is 4.16. The molecule has 0 amide bonds. The van der Waals surface area contributed by atoms with E-state index in [1.807, 2.05) is 18.2 Å². The Bertz CT molecular complexity index is 839. The molecule has 5 rings (SSSR count). The summed E-state index contributed by atoms with van der Waals surface area (Å²) in [5.74, 6) is 1.57. The van der Waals surface area contributed by atoms with E-state index in [9.17, 15) is 8.42 Å². The van der Waals surface area contributed by atoms with E-state index < -0.39 is 15.6 Å². The molecule has 3 fully saturated rings. The molecule has 1 saturated carbocycles. The zero-order chi connectivity index (χ0) is 17.5. The third-order valence-corrected chi connectivity index (χ3v) is 6.88. The molecule has 1 aromatic heterocycles. The first kappa shape index (κ1) is 16.7. The Hall–Kier alpha value is -1.73. The number of aromatic nitrogens is 2. The van der Waals surface area contributed by atoms with Crippen molar-refractivity contribution in [2.24, 2.45) is 5.92 Å². The predicted molar refractivity (Wildman–Crippen MR) is 93.3 cm³/mol. The molecular weight excluding hydrogens is 338 g/mol. The van der Waals surface area contributed by atoms with Gasteiger partial charge in [-0.2, -0.15) is 9.29 Å². The third-order valence-electron chi connectivity index (χ3n) is 5.58. The Morgan fingerprint density at radius 3 is 2.60 bits per heavy atom. The second-order valence-corrected chi connectivity index (χ2v) is 9.18. The van der Waals surface area contributed by atoms with E-state index in [-0.39, 0.29) is 0 Å². The Morgan fingerprint density at radius 2 is 1.92 bits per heavy atom. The summed E-state index contributed by atoms with van der Waals surface area (Å²) in [6, 6.07) is 10.2. The van der Waals surface area contributed by atoms with Crippen LogP contribution in [-0.2, 0) is 28.4 Å². The lowest BCUT2D eigenvalue weighted by atomic mass is 9.72. The van der Waals surface area contributed by atoms with Crippen molar-refractivity contribution in [3.8, 4) is 0 Å². The summed E-state index contributed by atoms with van der Waals surface area (Å²) in [5.41, 5.74) is 0.586. The second kappa shape index (κ2) is 6.21. The minimum atomic E-state index is -3.30. The fraction of sp³-hybridized carbons (Fsp3) is 0.556. The summed E-state index contributed by atoms with van der Waals surface area (Å²) in [6.45, 7) is 0.570. The normalized spacial score (nSPS) is 26.8. The number of benzene rings is 1. The molecule has 25 heavy (non-hydrogen) atoms. The second-order valence-electron chi connectivity index (χ2n) is 7.27. The maximum atomic E-state index is 12.3. The van der Waals surface area contributed by atoms with Crippen LogP contribution in [0.3, 0.4) is 0 Å². The van der Waals surface area contributed by atoms with Crippen LogP contribution in [0.5, 0.6) is 0 Å². The van der Waals surface area contributed by atoms with Gasteiger partial charge in [-0.1, -0.05) is 35.5 Å². The van der Waals surface area contributed by atoms with E-state index in [2.05, 4.69) is 22.3 Å². The van der Waals surface area contributed by atoms with Gasteiger partial charge >= 0.3 is 0 Å². The maximum absolute atomic E-state index is 12.3. The molecule has 0 unspecified atom stereocenters. The molecule has 0 radical (unpaired) electrons. The lowest BCUT2D eigenvalue weighted by Gasteiger charge is -2.50. The first-order valence-electron chi connectivity index (χ1n) is 8.82. The third kappa shape index (κ3) is 3.11. The SMILES string of the molecule is CS(=O)(=O)N1C[C@H]2CC[C@]1(c1nc(CCc3ccccc3)no1)CC2. The lowest BCUT2D eigenvalue weighted by molar-refractivity contribution is 0.00229. The number of hydrogen-bond acceptors (Lipinski definition) is 5. The Morgan fingerprint density at radius 1 is 1.20 bits per heavy atom. The smallest absolute Gasteiger partial charge is 0.248 e. The zero-order valence-corrected chi connectivity index (χ0v) is 15.2. The van der Waals surface area contributed by atoms with Crippen molar-refractivity contribution >= 4 is 10.0 Å². The van der Waals surface area contributed by atoms with Gasteiger partial charge in [0.1, 0.15) is 5.54 Å². The van der Waals surface area contributed by atoms with Gasteiger partial charge in [-0.25, -0.2) is 8.42 Å². The molecule has 7 heteroatoms. The quantitative estimate of drug-likeness (QED) is 0.818. The zero-order valence-electron chi connectivity index (χ0n) is 14.4. The van der Waals surface area contributed by atoms with Crippen molar-refractivity contribution in [1.29, 1.82) is 0 Å². The topological polar surface area (TPSA) is 76.3 Å². The summed E-state index contributed by atoms with van der Waals surface area (Å²) in [6.07, 6.45) is 6.38. The number of piperidine rings is 2. The van der Waals surface area contributed by atoms with E-state index in [0.29, 0.717) is 30.6 Å². The highest BCUT2D eigenvalue weighted by Crippen LogP contribution is 2.50. The monoisotopic (exact) mass is 361 g/mol. The van der Waals surface area contributed by atoms with Gasteiger partial charge < -0.3 is 4.52 Å². The van der Waals surface area contributed by atoms with Gasteiger partial charge in [0.05, 0.1) is 6.26 Å². The molecule has 0 spiro atoms. The number of aryl methyl sites for hydroxylation is 2. The molecule has 2 aliphatic heterocycles. The highest BCUT2D eigenvalue weighted by Gasteiger charge is 2.54. The summed E-state index contributed by atoms with van der Waals surface area (Å²) >= 11 is 0. The fourth-order valence-electron chi connectivity index (χ4n) is 4.22. The molecular formula is C18H23N3O3S. The van der Waals surface area contributed by atoms with Crippen LogP contribution in [0.2, 0.25) is 0 Å². The van der Waals surface area contributed by atoms with Crippen LogP contribution in [0.15, 0.2) is 34.9 Å². The summed E-state index contributed by atoms with van der Waals surface area (Å²) in [7, 11) is -3.30. The summed E-state index contributed by atoms with van der Waals surface area (Å²) < 4.78 is 31.8. The van der Waals surface area contributed by atoms with Crippen molar-refractivity contribution in [3.05, 3.63) is 47.6 Å². The van der Waals surface area contributed by atoms with Crippen molar-refractivity contribution in [1.82, 2.24) is 14.4 Å². The van der Waals surface area contributed by atoms with Gasteiger partial charge in [0.2, 0.25) is 15.9 Å². The van der Waals surface area contributed by atoms with Gasteiger partial charge in [0.25, 0.3) is 0 Å². The predicted octanol–water partition coefficient (Wildman–Crippen LogP) is 2.52. The van der Waals surface area contributed by atoms with E-state index >= 15 is 0 Å². The average molecular weight is 361 g/mol. The number of hydrogen-bond donors (Lipinski definition) is 0. The minimum Gasteiger partial charge on any atom is -0.337 e. The molecule has 1 aromatic carbocycles. The minimum absolute atomic E-state index is 0.456. The van der Waals surface area contributed by atoms with Gasteiger partial charge in [-0.15, -0.1) is 0 Å². The van der Waals surface area contributed by atoms with E-state index in [4.69, 9.17) is 4.52 Å². The van der Waals surface area contributed by atoms with Gasteiger partial charge in [-0.05, 0) is 43.6 Å². The van der Waals surface area contributed by atoms with Crippen LogP contribution < -0.4 is 0 Å². The molecule has 0 N–H and O–H groups in total. The van der Waals surface area contributed by atoms with E-state index in [1.165, 1.54) is 11.8 Å². The Balaban J connectivity index is 1.57. The number of nitrogens with zero attached hydrogens (tertiary/aromatic N) is 3. The van der Waals surface area contributed by atoms with Crippen LogP contribution in [-0.4, -0.2) is 35.7 Å². The molecule has 3 heterocycles. The van der Waals surface area contributed by atoms with Crippen LogP contribution in [0, 0.1) is 5.92 Å². The fourth-order valence-corrected chi connectivity index (χ4v) is 5.59. The van der Waals surface area contributed by atoms with Crippen LogP contribution in [0.1, 0.15) is 43.0 Å². The average Bonchev–Trinajstić information content (AvgIpc) is 3.11. The van der Waals surface area contributed by atoms with Crippen molar-refractivity contribution in [3.63, 3.8) is 0 Å². The molecule has 1 aliphatic carbocycles. The lowest BCUT2D eigenvalue weighted by Crippen LogP contribution is -2.58. The van der Waals surface area contributed by atoms with Crippen molar-refractivity contribution in [2.75, 3.05) is 12.8 Å². The Labute approximate surface area is 148 Å². The maximum Gasteiger partial charge on any atom is 0.248 e. The van der Waals surface area contributed by atoms with E-state index in [0.717, 1.165) is 32.1 Å². The molecule has 3 aliphatic rings. The van der Waals surface area contributed by atoms with Crippen molar-refractivity contribution in [2.45, 2.75) is 44.1 Å². The molecule has 2 saturated heterocycles. The molecule has 0 atom stereocenters. The highest BCUT2D eigenvalue weighted by atomic mass is 32.2. The van der Waals surface area contributed by atoms with Gasteiger partial charge in [0.15, 0.2) is 5.82 Å². The van der Waals surface area contributed by atoms with Gasteiger partial charge in [0, 0.05) is 13.0 Å². The van der Waals surface area contributed by atoms with Crippen LogP contribution in [0.25, 0.3) is 0 Å². The van der Waals surface area contributed by atoms with Crippen LogP contribution in [0.4, 0.5) is 0 Å². The summed E-state index contributed by atoms with van der Waals surface area (Å²) in [5, 5.41) is 4.13. The van der Waals surface area contributed by atoms with Gasteiger partial charge in [-0.3, -0.25) is 0 Å². The first-order chi connectivity index (χ1) is 12.0. The number of rotatable bonds is 5. The standard InChI is InChI=1S/C18H23N3O3S/c1-25(22,23)21-13-15-9-11-18(21,12-10-15)17-19-16(20-24-17)8-7-14-5-3-2-4-6-14/h2-6,15H,7-13H2,1H3/t15-,18+. The number of fused-ring (bicyclic) bond motifs is 3.